The Morgan fingerprint density at radius 2 is 1.77 bits per heavy atom. The zero-order valence-electron chi connectivity index (χ0n) is 11.6. The first kappa shape index (κ1) is 14.7. The van der Waals surface area contributed by atoms with Crippen LogP contribution < -0.4 is 16.2 Å². The zero-order chi connectivity index (χ0) is 15.9. The van der Waals surface area contributed by atoms with Crippen molar-refractivity contribution in [3.8, 4) is 16.9 Å². The summed E-state index contributed by atoms with van der Waals surface area (Å²) in [6.45, 7) is 0. The van der Waals surface area contributed by atoms with E-state index < -0.39 is 0 Å². The zero-order valence-corrected chi connectivity index (χ0v) is 13.1. The topological polar surface area (TPSA) is 87.0 Å². The van der Waals surface area contributed by atoms with Crippen LogP contribution in [-0.2, 0) is 0 Å². The molecule has 22 heavy (non-hydrogen) atoms. The molecule has 0 atom stereocenters. The average molecular weight is 335 g/mol. The molecule has 0 unspecified atom stereocenters. The highest BCUT2D eigenvalue weighted by Gasteiger charge is 2.16. The van der Waals surface area contributed by atoms with Gasteiger partial charge in [0.1, 0.15) is 11.6 Å². The lowest BCUT2D eigenvalue weighted by Gasteiger charge is -2.13. The third-order valence-electron chi connectivity index (χ3n) is 3.30. The summed E-state index contributed by atoms with van der Waals surface area (Å²) < 4.78 is 5.37. The fourth-order valence-corrected chi connectivity index (χ4v) is 2.86. The van der Waals surface area contributed by atoms with E-state index in [0.717, 1.165) is 11.1 Å². The van der Waals surface area contributed by atoms with Gasteiger partial charge in [0, 0.05) is 16.1 Å². The van der Waals surface area contributed by atoms with Crippen LogP contribution in [0, 0.1) is 0 Å². The maximum atomic E-state index is 6.52. The first-order chi connectivity index (χ1) is 10.5. The van der Waals surface area contributed by atoms with Gasteiger partial charge in [0.15, 0.2) is 0 Å². The molecular formula is C15H12Cl2N4O. The molecule has 4 N–H and O–H groups in total. The van der Waals surface area contributed by atoms with Gasteiger partial charge in [0.25, 0.3) is 0 Å². The Kier molecular flexibility index (Phi) is 3.68. The predicted octanol–water partition coefficient (Wildman–Crippen LogP) is 3.78. The van der Waals surface area contributed by atoms with E-state index in [1.807, 2.05) is 6.07 Å². The van der Waals surface area contributed by atoms with Gasteiger partial charge in [-0.05, 0) is 24.3 Å². The molecule has 1 heterocycles. The number of anilines is 2. The third kappa shape index (κ3) is 2.38. The lowest BCUT2D eigenvalue weighted by atomic mass is 10.0. The summed E-state index contributed by atoms with van der Waals surface area (Å²) in [6, 6.07) is 8.91. The van der Waals surface area contributed by atoms with Crippen molar-refractivity contribution in [2.75, 3.05) is 18.6 Å². The van der Waals surface area contributed by atoms with Crippen molar-refractivity contribution >= 4 is 45.9 Å². The quantitative estimate of drug-likeness (QED) is 0.744. The van der Waals surface area contributed by atoms with Crippen LogP contribution in [0.4, 0.5) is 11.8 Å². The molecule has 0 amide bonds. The Bertz CT molecular complexity index is 883. The van der Waals surface area contributed by atoms with Gasteiger partial charge in [-0.2, -0.15) is 4.98 Å². The Balaban J connectivity index is 2.34. The number of halogens is 2. The molecule has 0 aliphatic rings. The summed E-state index contributed by atoms with van der Waals surface area (Å²) >= 11 is 12.6. The standard InChI is InChI=1S/C15H12Cl2N4O/c1-22-11-5-2-7(16)6-9(11)8-3-4-10-12(13(8)17)14(18)21-15(19)20-10/h2-6H,1H3,(H4,18,19,20,21). The number of benzene rings is 2. The van der Waals surface area contributed by atoms with Crippen LogP contribution in [0.2, 0.25) is 10.0 Å². The lowest BCUT2D eigenvalue weighted by molar-refractivity contribution is 0.416. The molecule has 1 aromatic heterocycles. The molecule has 0 bridgehead atoms. The number of ether oxygens (including phenoxy) is 1. The normalized spacial score (nSPS) is 10.9. The molecule has 0 aliphatic heterocycles. The van der Waals surface area contributed by atoms with Crippen LogP contribution in [0.3, 0.4) is 0 Å². The number of methoxy groups -OCH3 is 1. The summed E-state index contributed by atoms with van der Waals surface area (Å²) in [5, 5.41) is 1.56. The van der Waals surface area contributed by atoms with Gasteiger partial charge in [0.05, 0.1) is 23.0 Å². The summed E-state index contributed by atoms with van der Waals surface area (Å²) in [6.07, 6.45) is 0. The van der Waals surface area contributed by atoms with Gasteiger partial charge in [-0.25, -0.2) is 4.98 Å². The SMILES string of the molecule is COc1ccc(Cl)cc1-c1ccc2nc(N)nc(N)c2c1Cl. The molecular weight excluding hydrogens is 323 g/mol. The number of hydrogen-bond donors (Lipinski definition) is 2. The Hall–Kier alpha value is -2.24. The summed E-state index contributed by atoms with van der Waals surface area (Å²) in [5.41, 5.74) is 13.6. The maximum absolute atomic E-state index is 6.52. The van der Waals surface area contributed by atoms with Crippen LogP contribution in [-0.4, -0.2) is 17.1 Å². The van der Waals surface area contributed by atoms with E-state index in [4.69, 9.17) is 39.4 Å². The fraction of sp³-hybridized carbons (Fsp3) is 0.0667. The van der Waals surface area contributed by atoms with Crippen LogP contribution in [0.15, 0.2) is 30.3 Å². The van der Waals surface area contributed by atoms with E-state index in [-0.39, 0.29) is 11.8 Å². The highest BCUT2D eigenvalue weighted by atomic mass is 35.5. The molecule has 7 heteroatoms. The van der Waals surface area contributed by atoms with Gasteiger partial charge in [-0.1, -0.05) is 29.3 Å². The molecule has 0 spiro atoms. The first-order valence-corrected chi connectivity index (χ1v) is 7.12. The lowest BCUT2D eigenvalue weighted by Crippen LogP contribution is -2.01. The van der Waals surface area contributed by atoms with Gasteiger partial charge < -0.3 is 16.2 Å². The predicted molar refractivity (Wildman–Crippen MR) is 90.4 cm³/mol. The molecule has 0 aliphatic carbocycles. The second kappa shape index (κ2) is 5.51. The van der Waals surface area contributed by atoms with Crippen molar-refractivity contribution in [2.45, 2.75) is 0 Å². The summed E-state index contributed by atoms with van der Waals surface area (Å²) in [5.74, 6) is 0.991. The van der Waals surface area contributed by atoms with Crippen LogP contribution in [0.1, 0.15) is 0 Å². The van der Waals surface area contributed by atoms with Crippen molar-refractivity contribution < 1.29 is 4.74 Å². The van der Waals surface area contributed by atoms with E-state index in [9.17, 15) is 0 Å². The molecule has 5 nitrogen and oxygen atoms in total. The fourth-order valence-electron chi connectivity index (χ4n) is 2.33. The molecule has 0 fully saturated rings. The highest BCUT2D eigenvalue weighted by molar-refractivity contribution is 6.39. The van der Waals surface area contributed by atoms with Crippen molar-refractivity contribution in [1.29, 1.82) is 0 Å². The minimum absolute atomic E-state index is 0.106. The Labute approximate surface area is 136 Å². The Morgan fingerprint density at radius 1 is 1.00 bits per heavy atom. The number of nitrogens with zero attached hydrogens (tertiary/aromatic N) is 2. The first-order valence-electron chi connectivity index (χ1n) is 6.36. The number of rotatable bonds is 2. The molecule has 0 saturated carbocycles. The molecule has 3 aromatic rings. The molecule has 112 valence electrons. The van der Waals surface area contributed by atoms with Crippen molar-refractivity contribution in [3.05, 3.63) is 40.4 Å². The maximum Gasteiger partial charge on any atom is 0.222 e. The highest BCUT2D eigenvalue weighted by Crippen LogP contribution is 2.40. The van der Waals surface area contributed by atoms with E-state index in [1.165, 1.54) is 0 Å². The summed E-state index contributed by atoms with van der Waals surface area (Å²) in [7, 11) is 1.58. The second-order valence-electron chi connectivity index (χ2n) is 4.63. The number of aromatic nitrogens is 2. The van der Waals surface area contributed by atoms with Crippen LogP contribution in [0.25, 0.3) is 22.0 Å². The third-order valence-corrected chi connectivity index (χ3v) is 3.93. The van der Waals surface area contributed by atoms with Crippen molar-refractivity contribution in [2.24, 2.45) is 0 Å². The van der Waals surface area contributed by atoms with Gasteiger partial charge in [-0.15, -0.1) is 0 Å². The average Bonchev–Trinajstić information content (AvgIpc) is 2.46. The number of hydrogen-bond acceptors (Lipinski definition) is 5. The Morgan fingerprint density at radius 3 is 2.50 bits per heavy atom. The molecule has 0 radical (unpaired) electrons. The van der Waals surface area contributed by atoms with Crippen LogP contribution in [0.5, 0.6) is 5.75 Å². The smallest absolute Gasteiger partial charge is 0.222 e. The summed E-state index contributed by atoms with van der Waals surface area (Å²) in [4.78, 5) is 8.10. The van der Waals surface area contributed by atoms with Crippen molar-refractivity contribution in [3.63, 3.8) is 0 Å². The van der Waals surface area contributed by atoms with E-state index in [2.05, 4.69) is 9.97 Å². The van der Waals surface area contributed by atoms with Crippen LogP contribution >= 0.6 is 23.2 Å². The number of nitrogen functional groups attached to an aromatic ring is 2. The van der Waals surface area contributed by atoms with E-state index in [0.29, 0.717) is 26.7 Å². The largest absolute Gasteiger partial charge is 0.496 e. The van der Waals surface area contributed by atoms with E-state index in [1.54, 1.807) is 31.4 Å². The molecule has 2 aromatic carbocycles. The van der Waals surface area contributed by atoms with Crippen molar-refractivity contribution in [1.82, 2.24) is 9.97 Å². The van der Waals surface area contributed by atoms with Gasteiger partial charge in [-0.3, -0.25) is 0 Å². The minimum Gasteiger partial charge on any atom is -0.496 e. The molecule has 0 saturated heterocycles. The van der Waals surface area contributed by atoms with Gasteiger partial charge in [0.2, 0.25) is 5.95 Å². The minimum atomic E-state index is 0.106. The monoisotopic (exact) mass is 334 g/mol. The second-order valence-corrected chi connectivity index (χ2v) is 5.45. The van der Waals surface area contributed by atoms with Gasteiger partial charge >= 0.3 is 0 Å². The number of fused-ring (bicyclic) bond motifs is 1. The van der Waals surface area contributed by atoms with E-state index >= 15 is 0 Å². The number of nitrogens with two attached hydrogens (primary N) is 2. The molecule has 3 rings (SSSR count).